The summed E-state index contributed by atoms with van der Waals surface area (Å²) < 4.78 is 23.6. The standard InChI is InChI=1S/C15H16BrN3O4S/c1-2-13(10-4-3-5-12(8-10)24(17,22)23)18-14-7-6-11(16)9-15(14)19(20)21/h3-9,13,18H,2H2,1H3,(H2,17,22,23). The van der Waals surface area contributed by atoms with Crippen LogP contribution in [0, 0.1) is 10.1 Å². The lowest BCUT2D eigenvalue weighted by molar-refractivity contribution is -0.384. The zero-order valence-corrected chi connectivity index (χ0v) is 15.2. The van der Waals surface area contributed by atoms with E-state index < -0.39 is 14.9 Å². The van der Waals surface area contributed by atoms with E-state index >= 15 is 0 Å². The maximum atomic E-state index is 11.5. The number of benzene rings is 2. The molecular weight excluding hydrogens is 398 g/mol. The van der Waals surface area contributed by atoms with Crippen LogP contribution in [-0.2, 0) is 10.0 Å². The third-order valence-corrected chi connectivity index (χ3v) is 4.89. The van der Waals surface area contributed by atoms with Crippen LogP contribution in [0.2, 0.25) is 0 Å². The van der Waals surface area contributed by atoms with Crippen molar-refractivity contribution in [3.05, 3.63) is 62.6 Å². The summed E-state index contributed by atoms with van der Waals surface area (Å²) in [5.41, 5.74) is 0.975. The molecule has 0 saturated carbocycles. The van der Waals surface area contributed by atoms with E-state index in [0.717, 1.165) is 0 Å². The minimum atomic E-state index is -3.81. The molecule has 0 aliphatic heterocycles. The van der Waals surface area contributed by atoms with Crippen molar-refractivity contribution < 1.29 is 13.3 Å². The van der Waals surface area contributed by atoms with Crippen molar-refractivity contribution in [1.29, 1.82) is 0 Å². The van der Waals surface area contributed by atoms with E-state index in [1.54, 1.807) is 24.3 Å². The summed E-state index contributed by atoms with van der Waals surface area (Å²) in [6.07, 6.45) is 0.599. The fraction of sp³-hybridized carbons (Fsp3) is 0.200. The molecule has 0 heterocycles. The third kappa shape index (κ3) is 4.31. The second kappa shape index (κ2) is 7.29. The van der Waals surface area contributed by atoms with E-state index in [4.69, 9.17) is 5.14 Å². The molecule has 0 aromatic heterocycles. The van der Waals surface area contributed by atoms with Gasteiger partial charge in [-0.25, -0.2) is 13.6 Å². The number of rotatable bonds is 6. The van der Waals surface area contributed by atoms with Crippen LogP contribution in [0.1, 0.15) is 24.9 Å². The number of primary sulfonamides is 1. The lowest BCUT2D eigenvalue weighted by Gasteiger charge is -2.19. The molecule has 2 rings (SSSR count). The number of nitro benzene ring substituents is 1. The monoisotopic (exact) mass is 413 g/mol. The minimum absolute atomic E-state index is 0.00514. The zero-order valence-electron chi connectivity index (χ0n) is 12.8. The van der Waals surface area contributed by atoms with Crippen LogP contribution < -0.4 is 10.5 Å². The van der Waals surface area contributed by atoms with Gasteiger partial charge in [0.15, 0.2) is 0 Å². The first kappa shape index (κ1) is 18.4. The van der Waals surface area contributed by atoms with Crippen molar-refractivity contribution in [3.8, 4) is 0 Å². The number of nitro groups is 1. The number of hydrogen-bond donors (Lipinski definition) is 2. The predicted octanol–water partition coefficient (Wildman–Crippen LogP) is 3.57. The smallest absolute Gasteiger partial charge is 0.293 e. The summed E-state index contributed by atoms with van der Waals surface area (Å²) in [5.74, 6) is 0. The SMILES string of the molecule is CCC(Nc1ccc(Br)cc1[N+](=O)[O-])c1cccc(S(N)(=O)=O)c1. The number of sulfonamides is 1. The lowest BCUT2D eigenvalue weighted by atomic mass is 10.0. The highest BCUT2D eigenvalue weighted by atomic mass is 79.9. The molecule has 1 unspecified atom stereocenters. The Morgan fingerprint density at radius 3 is 2.58 bits per heavy atom. The highest BCUT2D eigenvalue weighted by Crippen LogP contribution is 2.32. The Kier molecular flexibility index (Phi) is 5.58. The van der Waals surface area contributed by atoms with Gasteiger partial charge >= 0.3 is 0 Å². The molecule has 24 heavy (non-hydrogen) atoms. The van der Waals surface area contributed by atoms with Gasteiger partial charge in [0, 0.05) is 10.5 Å². The number of nitrogens with one attached hydrogen (secondary N) is 1. The minimum Gasteiger partial charge on any atom is -0.373 e. The van der Waals surface area contributed by atoms with Crippen molar-refractivity contribution in [1.82, 2.24) is 0 Å². The van der Waals surface area contributed by atoms with Crippen LogP contribution >= 0.6 is 15.9 Å². The first-order valence-corrected chi connectivity index (χ1v) is 9.39. The second-order valence-corrected chi connectivity index (χ2v) is 7.62. The third-order valence-electron chi connectivity index (χ3n) is 3.48. The van der Waals surface area contributed by atoms with Crippen molar-refractivity contribution >= 4 is 37.3 Å². The number of anilines is 1. The van der Waals surface area contributed by atoms with E-state index in [1.807, 2.05) is 6.92 Å². The van der Waals surface area contributed by atoms with Crippen molar-refractivity contribution in [2.24, 2.45) is 5.14 Å². The van der Waals surface area contributed by atoms with Crippen LogP contribution in [-0.4, -0.2) is 13.3 Å². The lowest BCUT2D eigenvalue weighted by Crippen LogP contribution is -2.15. The molecule has 9 heteroatoms. The molecule has 7 nitrogen and oxygen atoms in total. The Bertz CT molecular complexity index is 871. The second-order valence-electron chi connectivity index (χ2n) is 5.14. The summed E-state index contributed by atoms with van der Waals surface area (Å²) in [6, 6.07) is 10.6. The Labute approximate surface area is 148 Å². The summed E-state index contributed by atoms with van der Waals surface area (Å²) in [5, 5.41) is 19.5. The van der Waals surface area contributed by atoms with Gasteiger partial charge in [-0.05, 0) is 36.2 Å². The maximum Gasteiger partial charge on any atom is 0.293 e. The molecule has 0 aliphatic carbocycles. The largest absolute Gasteiger partial charge is 0.373 e. The van der Waals surface area contributed by atoms with E-state index in [-0.39, 0.29) is 16.6 Å². The van der Waals surface area contributed by atoms with Gasteiger partial charge in [0.25, 0.3) is 5.69 Å². The molecule has 2 aromatic rings. The molecule has 128 valence electrons. The highest BCUT2D eigenvalue weighted by molar-refractivity contribution is 9.10. The molecule has 1 atom stereocenters. The summed E-state index contributed by atoms with van der Waals surface area (Å²) in [7, 11) is -3.81. The van der Waals surface area contributed by atoms with Crippen molar-refractivity contribution in [3.63, 3.8) is 0 Å². The molecule has 0 saturated heterocycles. The first-order valence-electron chi connectivity index (χ1n) is 7.05. The number of hydrogen-bond acceptors (Lipinski definition) is 5. The van der Waals surface area contributed by atoms with Gasteiger partial charge < -0.3 is 5.32 Å². The molecule has 3 N–H and O–H groups in total. The Morgan fingerprint density at radius 2 is 2.00 bits per heavy atom. The normalized spacial score (nSPS) is 12.6. The average Bonchev–Trinajstić information content (AvgIpc) is 2.52. The molecule has 0 fully saturated rings. The fourth-order valence-corrected chi connectivity index (χ4v) is 3.21. The van der Waals surface area contributed by atoms with Crippen molar-refractivity contribution in [2.75, 3.05) is 5.32 Å². The van der Waals surface area contributed by atoms with Gasteiger partial charge in [-0.15, -0.1) is 0 Å². The predicted molar refractivity (Wildman–Crippen MR) is 95.3 cm³/mol. The molecule has 0 radical (unpaired) electrons. The van der Waals surface area contributed by atoms with Crippen LogP contribution in [0.4, 0.5) is 11.4 Å². The first-order chi connectivity index (χ1) is 11.2. The van der Waals surface area contributed by atoms with Crippen LogP contribution in [0.3, 0.4) is 0 Å². The summed E-state index contributed by atoms with van der Waals surface area (Å²) in [6.45, 7) is 1.89. The van der Waals surface area contributed by atoms with E-state index in [0.29, 0.717) is 22.1 Å². The van der Waals surface area contributed by atoms with E-state index in [2.05, 4.69) is 21.2 Å². The van der Waals surface area contributed by atoms with Crippen molar-refractivity contribution in [2.45, 2.75) is 24.3 Å². The Hall–Kier alpha value is -1.97. The fourth-order valence-electron chi connectivity index (χ4n) is 2.29. The number of nitrogens with zero attached hydrogens (tertiary/aromatic N) is 1. The molecule has 0 spiro atoms. The molecule has 2 aromatic carbocycles. The molecule has 0 bridgehead atoms. The molecule has 0 aliphatic rings. The van der Waals surface area contributed by atoms with Crippen LogP contribution in [0.25, 0.3) is 0 Å². The van der Waals surface area contributed by atoms with Gasteiger partial charge in [-0.2, -0.15) is 0 Å². The number of nitrogens with two attached hydrogens (primary N) is 1. The van der Waals surface area contributed by atoms with Gasteiger partial charge in [-0.3, -0.25) is 10.1 Å². The molecule has 0 amide bonds. The quantitative estimate of drug-likeness (QED) is 0.554. The van der Waals surface area contributed by atoms with E-state index in [9.17, 15) is 18.5 Å². The van der Waals surface area contributed by atoms with Gasteiger partial charge in [0.05, 0.1) is 15.9 Å². The van der Waals surface area contributed by atoms with Gasteiger partial charge in [-0.1, -0.05) is 35.0 Å². The van der Waals surface area contributed by atoms with Crippen LogP contribution in [0.15, 0.2) is 51.8 Å². The van der Waals surface area contributed by atoms with E-state index in [1.165, 1.54) is 18.2 Å². The van der Waals surface area contributed by atoms with Gasteiger partial charge in [0.2, 0.25) is 10.0 Å². The highest BCUT2D eigenvalue weighted by Gasteiger charge is 2.19. The van der Waals surface area contributed by atoms with Crippen LogP contribution in [0.5, 0.6) is 0 Å². The maximum absolute atomic E-state index is 11.5. The molecular formula is C15H16BrN3O4S. The average molecular weight is 414 g/mol. The topological polar surface area (TPSA) is 115 Å². The Morgan fingerprint density at radius 1 is 1.29 bits per heavy atom. The zero-order chi connectivity index (χ0) is 17.9. The summed E-state index contributed by atoms with van der Waals surface area (Å²) in [4.78, 5) is 10.7. The number of halogens is 1. The Balaban J connectivity index is 2.39. The summed E-state index contributed by atoms with van der Waals surface area (Å²) >= 11 is 3.21. The van der Waals surface area contributed by atoms with Gasteiger partial charge in [0.1, 0.15) is 5.69 Å².